The van der Waals surface area contributed by atoms with Crippen LogP contribution < -0.4 is 0 Å². The molecule has 3 heteroatoms. The molecular weight excluding hydrogens is 270 g/mol. The van der Waals surface area contributed by atoms with Gasteiger partial charge >= 0.3 is 0 Å². The Hall–Kier alpha value is -2.99. The summed E-state index contributed by atoms with van der Waals surface area (Å²) in [6.45, 7) is 2.09. The van der Waals surface area contributed by atoms with Gasteiger partial charge in [0.15, 0.2) is 5.82 Å². The SMILES string of the molecule is CCc1cnc(-c2ccc(-c3ccc(C#N)cc3)cc2)nc1. The zero-order chi connectivity index (χ0) is 15.4. The Bertz CT molecular complexity index is 795. The van der Waals surface area contributed by atoms with Crippen molar-refractivity contribution in [3.05, 3.63) is 72.1 Å². The van der Waals surface area contributed by atoms with Gasteiger partial charge in [-0.2, -0.15) is 5.26 Å². The molecule has 0 N–H and O–H groups in total. The number of benzene rings is 2. The molecule has 0 aliphatic rings. The van der Waals surface area contributed by atoms with E-state index >= 15 is 0 Å². The molecule has 3 nitrogen and oxygen atoms in total. The first-order valence-corrected chi connectivity index (χ1v) is 7.22. The van der Waals surface area contributed by atoms with Crippen LogP contribution in [0, 0.1) is 11.3 Å². The third-order valence-electron chi connectivity index (χ3n) is 3.60. The summed E-state index contributed by atoms with van der Waals surface area (Å²) in [7, 11) is 0. The number of hydrogen-bond acceptors (Lipinski definition) is 3. The number of nitriles is 1. The Labute approximate surface area is 129 Å². The largest absolute Gasteiger partial charge is 0.236 e. The smallest absolute Gasteiger partial charge is 0.159 e. The molecule has 0 aliphatic heterocycles. The zero-order valence-corrected chi connectivity index (χ0v) is 12.3. The summed E-state index contributed by atoms with van der Waals surface area (Å²) < 4.78 is 0. The van der Waals surface area contributed by atoms with Crippen molar-refractivity contribution >= 4 is 0 Å². The van der Waals surface area contributed by atoms with Gasteiger partial charge in [0.2, 0.25) is 0 Å². The van der Waals surface area contributed by atoms with Gasteiger partial charge in [0, 0.05) is 18.0 Å². The number of rotatable bonds is 3. The molecule has 1 heterocycles. The average molecular weight is 285 g/mol. The maximum atomic E-state index is 8.83. The highest BCUT2D eigenvalue weighted by Gasteiger charge is 2.03. The second-order valence-electron chi connectivity index (χ2n) is 5.03. The van der Waals surface area contributed by atoms with E-state index < -0.39 is 0 Å². The monoisotopic (exact) mass is 285 g/mol. The molecule has 3 rings (SSSR count). The summed E-state index contributed by atoms with van der Waals surface area (Å²) in [6, 6.07) is 17.8. The fourth-order valence-corrected chi connectivity index (χ4v) is 2.24. The Morgan fingerprint density at radius 3 is 1.82 bits per heavy atom. The summed E-state index contributed by atoms with van der Waals surface area (Å²) in [5.41, 5.74) is 5.01. The van der Waals surface area contributed by atoms with Gasteiger partial charge in [0.1, 0.15) is 0 Å². The van der Waals surface area contributed by atoms with Gasteiger partial charge in [-0.15, -0.1) is 0 Å². The molecule has 2 aromatic carbocycles. The summed E-state index contributed by atoms with van der Waals surface area (Å²) >= 11 is 0. The molecule has 0 atom stereocenters. The zero-order valence-electron chi connectivity index (χ0n) is 12.3. The second kappa shape index (κ2) is 6.19. The van der Waals surface area contributed by atoms with E-state index in [1.807, 2.05) is 60.9 Å². The van der Waals surface area contributed by atoms with Crippen LogP contribution in [-0.2, 0) is 6.42 Å². The minimum atomic E-state index is 0.671. The predicted molar refractivity (Wildman–Crippen MR) is 87.0 cm³/mol. The standard InChI is InChI=1S/C19H15N3/c1-2-14-12-21-19(22-13-14)18-9-7-17(8-10-18)16-5-3-15(11-20)4-6-16/h3-10,12-13H,2H2,1H3. The fraction of sp³-hybridized carbons (Fsp3) is 0.105. The van der Waals surface area contributed by atoms with Crippen LogP contribution >= 0.6 is 0 Å². The average Bonchev–Trinajstić information content (AvgIpc) is 2.62. The van der Waals surface area contributed by atoms with Gasteiger partial charge in [0.25, 0.3) is 0 Å². The van der Waals surface area contributed by atoms with Crippen LogP contribution in [0.1, 0.15) is 18.1 Å². The van der Waals surface area contributed by atoms with Crippen molar-refractivity contribution in [3.8, 4) is 28.6 Å². The lowest BCUT2D eigenvalue weighted by atomic mass is 10.0. The van der Waals surface area contributed by atoms with E-state index in [1.165, 1.54) is 0 Å². The maximum Gasteiger partial charge on any atom is 0.159 e. The topological polar surface area (TPSA) is 49.6 Å². The van der Waals surface area contributed by atoms with Gasteiger partial charge in [0.05, 0.1) is 11.6 Å². The Morgan fingerprint density at radius 1 is 0.818 bits per heavy atom. The molecule has 0 spiro atoms. The number of nitrogens with zero attached hydrogens (tertiary/aromatic N) is 3. The molecule has 22 heavy (non-hydrogen) atoms. The second-order valence-corrected chi connectivity index (χ2v) is 5.03. The van der Waals surface area contributed by atoms with E-state index in [0.717, 1.165) is 34.5 Å². The molecule has 0 amide bonds. The summed E-state index contributed by atoms with van der Waals surface area (Å²) in [6.07, 6.45) is 4.69. The summed E-state index contributed by atoms with van der Waals surface area (Å²) in [5.74, 6) is 0.739. The predicted octanol–water partition coefficient (Wildman–Crippen LogP) is 4.24. The highest BCUT2D eigenvalue weighted by molar-refractivity contribution is 5.68. The number of aryl methyl sites for hydroxylation is 1. The van der Waals surface area contributed by atoms with E-state index in [1.54, 1.807) is 0 Å². The summed E-state index contributed by atoms with van der Waals surface area (Å²) in [4.78, 5) is 8.80. The molecule has 1 aromatic heterocycles. The first-order chi connectivity index (χ1) is 10.8. The van der Waals surface area contributed by atoms with Crippen molar-refractivity contribution in [2.45, 2.75) is 13.3 Å². The van der Waals surface area contributed by atoms with Crippen molar-refractivity contribution in [1.29, 1.82) is 5.26 Å². The lowest BCUT2D eigenvalue weighted by molar-refractivity contribution is 1.05. The van der Waals surface area contributed by atoms with Crippen molar-refractivity contribution in [2.75, 3.05) is 0 Å². The minimum Gasteiger partial charge on any atom is -0.236 e. The normalized spacial score (nSPS) is 10.2. The Morgan fingerprint density at radius 2 is 1.32 bits per heavy atom. The first kappa shape index (κ1) is 14.0. The lowest BCUT2D eigenvalue weighted by Crippen LogP contribution is -1.91. The van der Waals surface area contributed by atoms with E-state index in [2.05, 4.69) is 23.0 Å². The van der Waals surface area contributed by atoms with Crippen molar-refractivity contribution < 1.29 is 0 Å². The molecule has 0 aliphatic carbocycles. The van der Waals surface area contributed by atoms with Gasteiger partial charge in [-0.25, -0.2) is 9.97 Å². The van der Waals surface area contributed by atoms with Crippen LogP contribution in [0.5, 0.6) is 0 Å². The van der Waals surface area contributed by atoms with E-state index in [4.69, 9.17) is 5.26 Å². The van der Waals surface area contributed by atoms with Gasteiger partial charge in [-0.1, -0.05) is 43.3 Å². The number of aromatic nitrogens is 2. The highest BCUT2D eigenvalue weighted by atomic mass is 14.9. The highest BCUT2D eigenvalue weighted by Crippen LogP contribution is 2.23. The van der Waals surface area contributed by atoms with Crippen molar-refractivity contribution in [1.82, 2.24) is 9.97 Å². The van der Waals surface area contributed by atoms with Gasteiger partial charge in [-0.3, -0.25) is 0 Å². The third kappa shape index (κ3) is 2.87. The first-order valence-electron chi connectivity index (χ1n) is 7.22. The third-order valence-corrected chi connectivity index (χ3v) is 3.60. The van der Waals surface area contributed by atoms with Crippen LogP contribution in [0.4, 0.5) is 0 Å². The van der Waals surface area contributed by atoms with Gasteiger partial charge in [-0.05, 0) is 35.2 Å². The van der Waals surface area contributed by atoms with Crippen LogP contribution in [0.3, 0.4) is 0 Å². The molecular formula is C19H15N3. The lowest BCUT2D eigenvalue weighted by Gasteiger charge is -2.04. The molecule has 0 unspecified atom stereocenters. The molecule has 0 saturated carbocycles. The fourth-order valence-electron chi connectivity index (χ4n) is 2.24. The van der Waals surface area contributed by atoms with Crippen molar-refractivity contribution in [2.24, 2.45) is 0 Å². The van der Waals surface area contributed by atoms with E-state index in [0.29, 0.717) is 5.56 Å². The quantitative estimate of drug-likeness (QED) is 0.723. The number of hydrogen-bond donors (Lipinski definition) is 0. The van der Waals surface area contributed by atoms with E-state index in [-0.39, 0.29) is 0 Å². The molecule has 0 radical (unpaired) electrons. The van der Waals surface area contributed by atoms with Crippen LogP contribution in [0.2, 0.25) is 0 Å². The van der Waals surface area contributed by atoms with Crippen LogP contribution in [0.25, 0.3) is 22.5 Å². The molecule has 3 aromatic rings. The van der Waals surface area contributed by atoms with E-state index in [9.17, 15) is 0 Å². The van der Waals surface area contributed by atoms with Gasteiger partial charge < -0.3 is 0 Å². The Kier molecular flexibility index (Phi) is 3.93. The maximum absolute atomic E-state index is 8.83. The molecule has 0 fully saturated rings. The summed E-state index contributed by atoms with van der Waals surface area (Å²) in [5, 5.41) is 8.83. The molecule has 0 bridgehead atoms. The minimum absolute atomic E-state index is 0.671. The Balaban J connectivity index is 1.86. The van der Waals surface area contributed by atoms with Crippen LogP contribution in [0.15, 0.2) is 60.9 Å². The molecule has 106 valence electrons. The van der Waals surface area contributed by atoms with Crippen molar-refractivity contribution in [3.63, 3.8) is 0 Å². The van der Waals surface area contributed by atoms with Crippen LogP contribution in [-0.4, -0.2) is 9.97 Å². The molecule has 0 saturated heterocycles.